The van der Waals surface area contributed by atoms with E-state index in [0.29, 0.717) is 5.56 Å². The molecule has 0 aliphatic rings. The molecule has 0 radical (unpaired) electrons. The number of phenolic OH excluding ortho intramolecular Hbond substituents is 1. The molecule has 0 aliphatic carbocycles. The van der Waals surface area contributed by atoms with Gasteiger partial charge in [-0.05, 0) is 28.8 Å². The summed E-state index contributed by atoms with van der Waals surface area (Å²) in [6.45, 7) is 0. The van der Waals surface area contributed by atoms with Crippen LogP contribution in [0.25, 0.3) is 22.3 Å². The first-order chi connectivity index (χ1) is 9.74. The molecule has 0 aromatic heterocycles. The summed E-state index contributed by atoms with van der Waals surface area (Å²) in [4.78, 5) is 0. The highest BCUT2D eigenvalue weighted by atomic mass is 19.1. The molecule has 0 heterocycles. The zero-order valence-electron chi connectivity index (χ0n) is 10.8. The van der Waals surface area contributed by atoms with E-state index in [9.17, 15) is 9.50 Å². The number of benzene rings is 3. The first-order valence-corrected chi connectivity index (χ1v) is 6.38. The smallest absolute Gasteiger partial charge is 0.134 e. The molecule has 2 heteroatoms. The summed E-state index contributed by atoms with van der Waals surface area (Å²) in [7, 11) is 0. The van der Waals surface area contributed by atoms with E-state index in [0.717, 1.165) is 22.8 Å². The van der Waals surface area contributed by atoms with Gasteiger partial charge in [0.05, 0.1) is 0 Å². The van der Waals surface area contributed by atoms with Crippen LogP contribution in [0.15, 0.2) is 72.8 Å². The molecule has 0 aliphatic heterocycles. The van der Waals surface area contributed by atoms with Crippen molar-refractivity contribution in [1.29, 1.82) is 0 Å². The molecule has 98 valence electrons. The van der Waals surface area contributed by atoms with Gasteiger partial charge in [0, 0.05) is 11.6 Å². The summed E-state index contributed by atoms with van der Waals surface area (Å²) < 4.78 is 13.8. The minimum atomic E-state index is -0.419. The van der Waals surface area contributed by atoms with Crippen molar-refractivity contribution in [2.24, 2.45) is 0 Å². The van der Waals surface area contributed by atoms with Gasteiger partial charge in [0.1, 0.15) is 11.6 Å². The molecular formula is C18H13FO. The Labute approximate surface area is 117 Å². The van der Waals surface area contributed by atoms with Crippen LogP contribution >= 0.6 is 0 Å². The highest BCUT2D eigenvalue weighted by Crippen LogP contribution is 2.28. The first-order valence-electron chi connectivity index (χ1n) is 6.38. The van der Waals surface area contributed by atoms with Crippen LogP contribution in [0.1, 0.15) is 0 Å². The second-order valence-electron chi connectivity index (χ2n) is 4.61. The highest BCUT2D eigenvalue weighted by Gasteiger charge is 2.06. The summed E-state index contributed by atoms with van der Waals surface area (Å²) in [5.41, 5.74) is 3.50. The van der Waals surface area contributed by atoms with Gasteiger partial charge < -0.3 is 5.11 Å². The lowest BCUT2D eigenvalue weighted by atomic mass is 10.00. The topological polar surface area (TPSA) is 20.2 Å². The van der Waals surface area contributed by atoms with E-state index in [1.165, 1.54) is 6.07 Å². The van der Waals surface area contributed by atoms with E-state index < -0.39 is 5.82 Å². The summed E-state index contributed by atoms with van der Waals surface area (Å²) >= 11 is 0. The maximum Gasteiger partial charge on any atom is 0.134 e. The summed E-state index contributed by atoms with van der Waals surface area (Å²) in [5.74, 6) is -0.482. The van der Waals surface area contributed by atoms with Gasteiger partial charge in [-0.15, -0.1) is 0 Å². The Bertz CT molecular complexity index is 718. The van der Waals surface area contributed by atoms with E-state index >= 15 is 0 Å². The molecular weight excluding hydrogens is 251 g/mol. The Hall–Kier alpha value is -2.61. The van der Waals surface area contributed by atoms with Gasteiger partial charge in [-0.25, -0.2) is 4.39 Å². The van der Waals surface area contributed by atoms with Gasteiger partial charge >= 0.3 is 0 Å². The molecule has 3 rings (SSSR count). The monoisotopic (exact) mass is 264 g/mol. The van der Waals surface area contributed by atoms with E-state index in [2.05, 4.69) is 0 Å². The van der Waals surface area contributed by atoms with Crippen LogP contribution in [0.2, 0.25) is 0 Å². The fourth-order valence-electron chi connectivity index (χ4n) is 2.21. The molecule has 1 N–H and O–H groups in total. The molecule has 0 bridgehead atoms. The van der Waals surface area contributed by atoms with E-state index in [-0.39, 0.29) is 5.75 Å². The van der Waals surface area contributed by atoms with Gasteiger partial charge in [-0.3, -0.25) is 0 Å². The largest absolute Gasteiger partial charge is 0.508 e. The molecule has 0 saturated heterocycles. The third kappa shape index (κ3) is 2.41. The van der Waals surface area contributed by atoms with Crippen LogP contribution < -0.4 is 0 Å². The van der Waals surface area contributed by atoms with Gasteiger partial charge in [-0.1, -0.05) is 54.6 Å². The fraction of sp³-hybridized carbons (Fsp3) is 0. The molecule has 0 amide bonds. The van der Waals surface area contributed by atoms with Crippen LogP contribution in [0.4, 0.5) is 4.39 Å². The minimum absolute atomic E-state index is 0.0628. The molecule has 0 spiro atoms. The zero-order chi connectivity index (χ0) is 13.9. The summed E-state index contributed by atoms with van der Waals surface area (Å²) in [6.07, 6.45) is 0. The normalized spacial score (nSPS) is 10.4. The third-order valence-electron chi connectivity index (χ3n) is 3.26. The molecule has 1 nitrogen and oxygen atoms in total. The van der Waals surface area contributed by atoms with Crippen LogP contribution in [0.5, 0.6) is 5.75 Å². The molecule has 20 heavy (non-hydrogen) atoms. The Balaban J connectivity index is 1.97. The molecule has 0 atom stereocenters. The van der Waals surface area contributed by atoms with Gasteiger partial charge in [0.15, 0.2) is 0 Å². The quantitative estimate of drug-likeness (QED) is 0.700. The van der Waals surface area contributed by atoms with Crippen molar-refractivity contribution in [2.75, 3.05) is 0 Å². The van der Waals surface area contributed by atoms with Gasteiger partial charge in [-0.2, -0.15) is 0 Å². The number of aromatic hydroxyl groups is 1. The van der Waals surface area contributed by atoms with Crippen LogP contribution in [-0.4, -0.2) is 5.11 Å². The van der Waals surface area contributed by atoms with E-state index in [1.54, 1.807) is 6.07 Å². The minimum Gasteiger partial charge on any atom is -0.508 e. The van der Waals surface area contributed by atoms with E-state index in [4.69, 9.17) is 0 Å². The molecule has 0 saturated carbocycles. The summed E-state index contributed by atoms with van der Waals surface area (Å²) in [6, 6.07) is 21.9. The maximum atomic E-state index is 13.8. The lowest BCUT2D eigenvalue weighted by molar-refractivity contribution is 0.469. The van der Waals surface area contributed by atoms with E-state index in [1.807, 2.05) is 54.6 Å². The van der Waals surface area contributed by atoms with Crippen molar-refractivity contribution in [3.05, 3.63) is 78.6 Å². The summed E-state index contributed by atoms with van der Waals surface area (Å²) in [5, 5.41) is 9.24. The lowest BCUT2D eigenvalue weighted by Crippen LogP contribution is -1.84. The Morgan fingerprint density at radius 2 is 1.25 bits per heavy atom. The highest BCUT2D eigenvalue weighted by molar-refractivity contribution is 5.71. The molecule has 0 fully saturated rings. The van der Waals surface area contributed by atoms with Gasteiger partial charge in [0.25, 0.3) is 0 Å². The number of halogens is 1. The lowest BCUT2D eigenvalue weighted by Gasteiger charge is -2.06. The van der Waals surface area contributed by atoms with Gasteiger partial charge in [0.2, 0.25) is 0 Å². The SMILES string of the molecule is Oc1ccc(-c2ccc(-c3ccccc3)cc2)c(F)c1. The third-order valence-corrected chi connectivity index (χ3v) is 3.26. The van der Waals surface area contributed by atoms with Crippen molar-refractivity contribution >= 4 is 0 Å². The first kappa shape index (κ1) is 12.4. The second kappa shape index (κ2) is 5.17. The predicted molar refractivity (Wildman–Crippen MR) is 78.9 cm³/mol. The van der Waals surface area contributed by atoms with Crippen molar-refractivity contribution in [2.45, 2.75) is 0 Å². The standard InChI is InChI=1S/C18H13FO/c19-18-12-16(20)10-11-17(18)15-8-6-14(7-9-15)13-4-2-1-3-5-13/h1-12,20H. The second-order valence-corrected chi connectivity index (χ2v) is 4.61. The number of rotatable bonds is 2. The average Bonchev–Trinajstić information content (AvgIpc) is 2.48. The zero-order valence-corrected chi connectivity index (χ0v) is 10.8. The molecule has 3 aromatic rings. The van der Waals surface area contributed by atoms with Crippen molar-refractivity contribution < 1.29 is 9.50 Å². The van der Waals surface area contributed by atoms with Crippen LogP contribution in [-0.2, 0) is 0 Å². The van der Waals surface area contributed by atoms with Crippen molar-refractivity contribution in [3.8, 4) is 28.0 Å². The number of phenols is 1. The predicted octanol–water partition coefficient (Wildman–Crippen LogP) is 4.87. The Morgan fingerprint density at radius 3 is 1.90 bits per heavy atom. The average molecular weight is 264 g/mol. The Morgan fingerprint density at radius 1 is 0.650 bits per heavy atom. The molecule has 3 aromatic carbocycles. The number of hydrogen-bond donors (Lipinski definition) is 1. The van der Waals surface area contributed by atoms with Crippen molar-refractivity contribution in [3.63, 3.8) is 0 Å². The van der Waals surface area contributed by atoms with Crippen LogP contribution in [0.3, 0.4) is 0 Å². The Kier molecular flexibility index (Phi) is 3.21. The number of hydrogen-bond acceptors (Lipinski definition) is 1. The molecule has 0 unspecified atom stereocenters. The maximum absolute atomic E-state index is 13.8. The fourth-order valence-corrected chi connectivity index (χ4v) is 2.21. The van der Waals surface area contributed by atoms with Crippen molar-refractivity contribution in [1.82, 2.24) is 0 Å². The van der Waals surface area contributed by atoms with Crippen LogP contribution in [0, 0.1) is 5.82 Å².